The van der Waals surface area contributed by atoms with Gasteiger partial charge in [-0.05, 0) is 47.6 Å². The molecule has 6 heteroatoms. The number of rotatable bonds is 16. The molecule has 0 rings (SSSR count). The second-order valence-corrected chi connectivity index (χ2v) is 4.84. The molecule has 0 bridgehead atoms. The molecule has 0 radical (unpaired) electrons. The van der Waals surface area contributed by atoms with Crippen LogP contribution in [0.1, 0.15) is 41.5 Å². The summed E-state index contributed by atoms with van der Waals surface area (Å²) in [7, 11) is 0. The Balaban J connectivity index is 5.53. The van der Waals surface area contributed by atoms with Crippen LogP contribution in [0.15, 0.2) is 12.3 Å². The molecule has 144 valence electrons. The van der Waals surface area contributed by atoms with Gasteiger partial charge in [0.2, 0.25) is 0 Å². The Morgan fingerprint density at radius 3 is 1.33 bits per heavy atom. The molecule has 0 aromatic heterocycles. The van der Waals surface area contributed by atoms with Crippen molar-refractivity contribution in [2.75, 3.05) is 39.6 Å². The van der Waals surface area contributed by atoms with E-state index in [1.54, 1.807) is 6.26 Å². The Kier molecular flexibility index (Phi) is 15.4. The summed E-state index contributed by atoms with van der Waals surface area (Å²) in [5.41, 5.74) is 0. The van der Waals surface area contributed by atoms with E-state index >= 15 is 0 Å². The van der Waals surface area contributed by atoms with Crippen molar-refractivity contribution in [1.82, 2.24) is 0 Å². The average molecular weight is 348 g/mol. The monoisotopic (exact) mass is 348 g/mol. The van der Waals surface area contributed by atoms with Crippen molar-refractivity contribution in [3.8, 4) is 0 Å². The second kappa shape index (κ2) is 15.8. The van der Waals surface area contributed by atoms with Gasteiger partial charge in [0.25, 0.3) is 0 Å². The van der Waals surface area contributed by atoms with Crippen LogP contribution in [0.2, 0.25) is 0 Å². The van der Waals surface area contributed by atoms with Gasteiger partial charge in [-0.1, -0.05) is 0 Å². The quantitative estimate of drug-likeness (QED) is 0.315. The van der Waals surface area contributed by atoms with E-state index in [-0.39, 0.29) is 12.0 Å². The highest BCUT2D eigenvalue weighted by atomic mass is 16.7. The predicted molar refractivity (Wildman–Crippen MR) is 93.8 cm³/mol. The molecular weight excluding hydrogens is 312 g/mol. The summed E-state index contributed by atoms with van der Waals surface area (Å²) in [6, 6.07) is 0. The lowest BCUT2D eigenvalue weighted by Crippen LogP contribution is -2.46. The highest BCUT2D eigenvalue weighted by Gasteiger charge is 2.38. The van der Waals surface area contributed by atoms with Crippen LogP contribution < -0.4 is 0 Å². The van der Waals surface area contributed by atoms with E-state index in [1.165, 1.54) is 0 Å². The minimum atomic E-state index is -0.495. The van der Waals surface area contributed by atoms with Crippen LogP contribution in [0.25, 0.3) is 0 Å². The largest absolute Gasteiger partial charge is 0.502 e. The first-order chi connectivity index (χ1) is 11.7. The molecule has 6 nitrogen and oxygen atoms in total. The van der Waals surface area contributed by atoms with Gasteiger partial charge in [-0.15, -0.1) is 0 Å². The summed E-state index contributed by atoms with van der Waals surface area (Å²) < 4.78 is 34.5. The van der Waals surface area contributed by atoms with Crippen LogP contribution in [-0.4, -0.2) is 58.3 Å². The zero-order valence-electron chi connectivity index (χ0n) is 16.2. The lowest BCUT2D eigenvalue weighted by Gasteiger charge is -2.36. The fraction of sp³-hybridized carbons (Fsp3) is 0.889. The zero-order chi connectivity index (χ0) is 18.2. The summed E-state index contributed by atoms with van der Waals surface area (Å²) >= 11 is 0. The highest BCUT2D eigenvalue weighted by Crippen LogP contribution is 2.26. The summed E-state index contributed by atoms with van der Waals surface area (Å²) in [4.78, 5) is 0. The highest BCUT2D eigenvalue weighted by molar-refractivity contribution is 4.92. The summed E-state index contributed by atoms with van der Waals surface area (Å²) in [5.74, 6) is -0.276. The molecule has 1 atom stereocenters. The van der Waals surface area contributed by atoms with Gasteiger partial charge in [0.05, 0.1) is 24.9 Å². The van der Waals surface area contributed by atoms with Crippen LogP contribution in [0, 0.1) is 5.92 Å². The molecule has 0 amide bonds. The molecule has 24 heavy (non-hydrogen) atoms. The fourth-order valence-electron chi connectivity index (χ4n) is 2.35. The van der Waals surface area contributed by atoms with Crippen LogP contribution in [-0.2, 0) is 28.4 Å². The molecular formula is C18H36O6. The summed E-state index contributed by atoms with van der Waals surface area (Å²) in [5, 5.41) is 0. The van der Waals surface area contributed by atoms with Gasteiger partial charge in [-0.3, -0.25) is 0 Å². The van der Waals surface area contributed by atoms with Gasteiger partial charge in [0.15, 0.2) is 12.6 Å². The van der Waals surface area contributed by atoms with Crippen molar-refractivity contribution >= 4 is 0 Å². The lowest BCUT2D eigenvalue weighted by atomic mass is 10.00. The predicted octanol–water partition coefficient (Wildman–Crippen LogP) is 3.36. The Hall–Kier alpha value is -0.660. The topological polar surface area (TPSA) is 55.4 Å². The first kappa shape index (κ1) is 23.3. The van der Waals surface area contributed by atoms with Gasteiger partial charge in [-0.25, -0.2) is 0 Å². The zero-order valence-corrected chi connectivity index (χ0v) is 16.2. The van der Waals surface area contributed by atoms with Gasteiger partial charge < -0.3 is 28.4 Å². The number of hydrogen-bond acceptors (Lipinski definition) is 6. The van der Waals surface area contributed by atoms with Gasteiger partial charge in [0, 0.05) is 33.0 Å². The maximum Gasteiger partial charge on any atom is 0.168 e. The Labute approximate surface area is 147 Å². The summed E-state index contributed by atoms with van der Waals surface area (Å²) in [6.45, 7) is 14.9. The molecule has 0 fully saturated rings. The van der Waals surface area contributed by atoms with E-state index in [1.807, 2.05) is 47.6 Å². The second-order valence-electron chi connectivity index (χ2n) is 4.84. The van der Waals surface area contributed by atoms with Crippen molar-refractivity contribution < 1.29 is 28.4 Å². The molecule has 0 aromatic carbocycles. The normalized spacial score (nSPS) is 13.5. The first-order valence-corrected chi connectivity index (χ1v) is 9.06. The molecule has 0 aliphatic carbocycles. The standard InChI is InChI=1S/C18H36O6/c1-7-19-14-13-15(20-8-2)16(17(21-9-3)22-10-4)18(23-11-5)24-12-6/h13-18H,7-12H2,1-6H3/b14-13-. The van der Waals surface area contributed by atoms with Crippen LogP contribution in [0.5, 0.6) is 0 Å². The SMILES string of the molecule is CCO/C=C\C(OCC)C(C(OCC)OCC)C(OCC)OCC. The fourth-order valence-corrected chi connectivity index (χ4v) is 2.35. The van der Waals surface area contributed by atoms with E-state index in [9.17, 15) is 0 Å². The molecule has 0 spiro atoms. The van der Waals surface area contributed by atoms with Crippen LogP contribution in [0.3, 0.4) is 0 Å². The van der Waals surface area contributed by atoms with Gasteiger partial charge >= 0.3 is 0 Å². The van der Waals surface area contributed by atoms with Crippen LogP contribution in [0.4, 0.5) is 0 Å². The van der Waals surface area contributed by atoms with Crippen molar-refractivity contribution in [3.05, 3.63) is 12.3 Å². The van der Waals surface area contributed by atoms with E-state index < -0.39 is 12.6 Å². The number of hydrogen-bond donors (Lipinski definition) is 0. The smallest absolute Gasteiger partial charge is 0.168 e. The van der Waals surface area contributed by atoms with Crippen molar-refractivity contribution in [1.29, 1.82) is 0 Å². The Morgan fingerprint density at radius 2 is 1.00 bits per heavy atom. The lowest BCUT2D eigenvalue weighted by molar-refractivity contribution is -0.265. The Bertz CT molecular complexity index is 269. The molecule has 0 heterocycles. The van der Waals surface area contributed by atoms with E-state index in [0.29, 0.717) is 39.6 Å². The van der Waals surface area contributed by atoms with Crippen molar-refractivity contribution in [2.45, 2.75) is 60.2 Å². The molecule has 0 N–H and O–H groups in total. The van der Waals surface area contributed by atoms with Gasteiger partial charge in [-0.2, -0.15) is 0 Å². The Morgan fingerprint density at radius 1 is 0.583 bits per heavy atom. The van der Waals surface area contributed by atoms with Crippen molar-refractivity contribution in [3.63, 3.8) is 0 Å². The molecule has 1 unspecified atom stereocenters. The molecule has 0 aliphatic rings. The number of ether oxygens (including phenoxy) is 6. The average Bonchev–Trinajstić information content (AvgIpc) is 2.56. The molecule has 0 aromatic rings. The maximum absolute atomic E-state index is 5.91. The maximum atomic E-state index is 5.91. The van der Waals surface area contributed by atoms with Crippen LogP contribution >= 0.6 is 0 Å². The minimum Gasteiger partial charge on any atom is -0.502 e. The third kappa shape index (κ3) is 8.99. The van der Waals surface area contributed by atoms with E-state index in [2.05, 4.69) is 0 Å². The van der Waals surface area contributed by atoms with E-state index in [4.69, 9.17) is 28.4 Å². The third-order valence-electron chi connectivity index (χ3n) is 3.22. The van der Waals surface area contributed by atoms with Gasteiger partial charge in [0.1, 0.15) is 0 Å². The third-order valence-corrected chi connectivity index (χ3v) is 3.22. The van der Waals surface area contributed by atoms with Crippen molar-refractivity contribution in [2.24, 2.45) is 5.92 Å². The molecule has 0 aliphatic heterocycles. The molecule has 0 saturated heterocycles. The minimum absolute atomic E-state index is 0.276. The molecule has 0 saturated carbocycles. The first-order valence-electron chi connectivity index (χ1n) is 9.06. The van der Waals surface area contributed by atoms with E-state index in [0.717, 1.165) is 0 Å². The summed E-state index contributed by atoms with van der Waals surface area (Å²) in [6.07, 6.45) is 2.22.